The minimum Gasteiger partial charge on any atom is -0.359 e. The summed E-state index contributed by atoms with van der Waals surface area (Å²) in [7, 11) is 0. The minimum absolute atomic E-state index is 0.175. The predicted molar refractivity (Wildman–Crippen MR) is 93.2 cm³/mol. The van der Waals surface area contributed by atoms with Gasteiger partial charge in [-0.1, -0.05) is 60.7 Å². The van der Waals surface area contributed by atoms with Gasteiger partial charge in [-0.05, 0) is 11.1 Å². The first kappa shape index (κ1) is 15.8. The molecule has 2 aromatic carbocycles. The van der Waals surface area contributed by atoms with Crippen molar-refractivity contribution in [2.45, 2.75) is 25.3 Å². The van der Waals surface area contributed by atoms with E-state index in [0.29, 0.717) is 13.5 Å². The van der Waals surface area contributed by atoms with Crippen molar-refractivity contribution < 1.29 is 9.47 Å². The average Bonchev–Trinajstić information content (AvgIpc) is 2.64. The molecule has 2 heterocycles. The largest absolute Gasteiger partial charge is 0.359 e. The molecule has 4 rings (SSSR count). The molecule has 2 aliphatic heterocycles. The molecular weight excluding hydrogens is 300 g/mol. The van der Waals surface area contributed by atoms with E-state index in [9.17, 15) is 0 Å². The van der Waals surface area contributed by atoms with Crippen molar-refractivity contribution in [2.24, 2.45) is 0 Å². The summed E-state index contributed by atoms with van der Waals surface area (Å²) in [5.41, 5.74) is 2.64. The zero-order chi connectivity index (χ0) is 16.2. The fourth-order valence-corrected chi connectivity index (χ4v) is 3.48. The number of fused-ring (bicyclic) bond motifs is 1. The Bertz CT molecular complexity index is 577. The van der Waals surface area contributed by atoms with Crippen LogP contribution in [0.3, 0.4) is 0 Å². The number of benzene rings is 2. The number of hydrogen-bond donors (Lipinski definition) is 0. The van der Waals surface area contributed by atoms with E-state index in [1.54, 1.807) is 0 Å². The molecule has 2 atom stereocenters. The Balaban J connectivity index is 1.30. The van der Waals surface area contributed by atoms with Crippen molar-refractivity contribution in [3.63, 3.8) is 0 Å². The summed E-state index contributed by atoms with van der Waals surface area (Å²) in [5, 5.41) is 0. The van der Waals surface area contributed by atoms with Crippen LogP contribution in [0.15, 0.2) is 60.7 Å². The zero-order valence-corrected chi connectivity index (χ0v) is 13.9. The second kappa shape index (κ2) is 7.45. The highest BCUT2D eigenvalue weighted by Crippen LogP contribution is 2.22. The molecule has 0 radical (unpaired) electrons. The molecule has 2 aliphatic rings. The fourth-order valence-electron chi connectivity index (χ4n) is 3.48. The standard InChI is InChI=1S/C20H24N2O2/c1-3-7-17(8-4-1)11-21-13-19-20(23-15-21)14-22(16-24-19)12-18-9-5-2-6-10-18/h1-10,19-20H,11-16H2/t19-,20+. The summed E-state index contributed by atoms with van der Waals surface area (Å²) in [6.07, 6.45) is 0.351. The van der Waals surface area contributed by atoms with Crippen LogP contribution in [-0.2, 0) is 22.6 Å². The second-order valence-electron chi connectivity index (χ2n) is 6.66. The lowest BCUT2D eigenvalue weighted by Gasteiger charge is -2.44. The maximum absolute atomic E-state index is 6.09. The summed E-state index contributed by atoms with van der Waals surface area (Å²) < 4.78 is 12.2. The van der Waals surface area contributed by atoms with E-state index in [1.807, 2.05) is 0 Å². The van der Waals surface area contributed by atoms with Gasteiger partial charge in [0.15, 0.2) is 0 Å². The molecule has 2 aromatic rings. The van der Waals surface area contributed by atoms with Crippen LogP contribution in [-0.4, -0.2) is 48.6 Å². The van der Waals surface area contributed by atoms with Gasteiger partial charge in [-0.15, -0.1) is 0 Å². The van der Waals surface area contributed by atoms with Crippen LogP contribution in [0.4, 0.5) is 0 Å². The van der Waals surface area contributed by atoms with Crippen LogP contribution in [0.25, 0.3) is 0 Å². The highest BCUT2D eigenvalue weighted by Gasteiger charge is 2.35. The van der Waals surface area contributed by atoms with Crippen molar-refractivity contribution in [1.82, 2.24) is 9.80 Å². The Morgan fingerprint density at radius 3 is 1.50 bits per heavy atom. The van der Waals surface area contributed by atoms with Crippen LogP contribution in [0.2, 0.25) is 0 Å². The van der Waals surface area contributed by atoms with Gasteiger partial charge in [-0.25, -0.2) is 0 Å². The predicted octanol–water partition coefficient (Wildman–Crippen LogP) is 2.70. The van der Waals surface area contributed by atoms with Gasteiger partial charge in [0.1, 0.15) is 0 Å². The number of ether oxygens (including phenoxy) is 2. The van der Waals surface area contributed by atoms with Crippen LogP contribution in [0.1, 0.15) is 11.1 Å². The van der Waals surface area contributed by atoms with E-state index in [0.717, 1.165) is 26.2 Å². The maximum Gasteiger partial charge on any atom is 0.0999 e. The van der Waals surface area contributed by atoms with E-state index in [2.05, 4.69) is 70.5 Å². The van der Waals surface area contributed by atoms with E-state index in [4.69, 9.17) is 9.47 Å². The Morgan fingerprint density at radius 2 is 1.08 bits per heavy atom. The lowest BCUT2D eigenvalue weighted by Crippen LogP contribution is -2.57. The van der Waals surface area contributed by atoms with E-state index in [-0.39, 0.29) is 12.2 Å². The van der Waals surface area contributed by atoms with Gasteiger partial charge in [0.2, 0.25) is 0 Å². The molecule has 2 fully saturated rings. The van der Waals surface area contributed by atoms with Crippen molar-refractivity contribution >= 4 is 0 Å². The van der Waals surface area contributed by atoms with Crippen LogP contribution in [0, 0.1) is 0 Å². The van der Waals surface area contributed by atoms with Gasteiger partial charge in [-0.3, -0.25) is 9.80 Å². The Kier molecular flexibility index (Phi) is 4.90. The molecule has 2 saturated heterocycles. The van der Waals surface area contributed by atoms with Crippen LogP contribution < -0.4 is 0 Å². The molecule has 0 N–H and O–H groups in total. The van der Waals surface area contributed by atoms with Gasteiger partial charge >= 0.3 is 0 Å². The van der Waals surface area contributed by atoms with Crippen molar-refractivity contribution in [3.05, 3.63) is 71.8 Å². The molecule has 0 amide bonds. The Labute approximate surface area is 143 Å². The number of rotatable bonds is 4. The molecule has 4 heteroatoms. The van der Waals surface area contributed by atoms with Crippen molar-refractivity contribution in [1.29, 1.82) is 0 Å². The third-order valence-corrected chi connectivity index (χ3v) is 4.73. The lowest BCUT2D eigenvalue weighted by atomic mass is 10.1. The molecular formula is C20H24N2O2. The number of hydrogen-bond acceptors (Lipinski definition) is 4. The molecule has 0 aliphatic carbocycles. The molecule has 0 unspecified atom stereocenters. The SMILES string of the molecule is c1ccc(CN2CO[C@@H]3CN(Cc4ccccc4)CO[C@H]3C2)cc1. The third kappa shape index (κ3) is 3.84. The summed E-state index contributed by atoms with van der Waals surface area (Å²) in [5.74, 6) is 0. The van der Waals surface area contributed by atoms with Crippen LogP contribution >= 0.6 is 0 Å². The molecule has 126 valence electrons. The molecule has 0 spiro atoms. The monoisotopic (exact) mass is 324 g/mol. The molecule has 0 aromatic heterocycles. The van der Waals surface area contributed by atoms with Gasteiger partial charge in [-0.2, -0.15) is 0 Å². The topological polar surface area (TPSA) is 24.9 Å². The number of nitrogens with zero attached hydrogens (tertiary/aromatic N) is 2. The van der Waals surface area contributed by atoms with Gasteiger partial charge in [0.25, 0.3) is 0 Å². The van der Waals surface area contributed by atoms with Crippen molar-refractivity contribution in [3.8, 4) is 0 Å². The molecule has 0 saturated carbocycles. The van der Waals surface area contributed by atoms with Crippen LogP contribution in [0.5, 0.6) is 0 Å². The highest BCUT2D eigenvalue weighted by atomic mass is 16.6. The smallest absolute Gasteiger partial charge is 0.0999 e. The maximum atomic E-state index is 6.09. The van der Waals surface area contributed by atoms with E-state index in [1.165, 1.54) is 11.1 Å². The lowest BCUT2D eigenvalue weighted by molar-refractivity contribution is -0.211. The van der Waals surface area contributed by atoms with E-state index < -0.39 is 0 Å². The highest BCUT2D eigenvalue weighted by molar-refractivity contribution is 5.15. The summed E-state index contributed by atoms with van der Waals surface area (Å²) in [6.45, 7) is 5.08. The molecule has 0 bridgehead atoms. The van der Waals surface area contributed by atoms with E-state index >= 15 is 0 Å². The van der Waals surface area contributed by atoms with Gasteiger partial charge in [0.05, 0.1) is 25.7 Å². The molecule has 24 heavy (non-hydrogen) atoms. The first-order valence-corrected chi connectivity index (χ1v) is 8.62. The minimum atomic E-state index is 0.175. The second-order valence-corrected chi connectivity index (χ2v) is 6.66. The quantitative estimate of drug-likeness (QED) is 0.863. The van der Waals surface area contributed by atoms with Gasteiger partial charge in [0, 0.05) is 26.2 Å². The van der Waals surface area contributed by atoms with Gasteiger partial charge < -0.3 is 9.47 Å². The molecule has 4 nitrogen and oxygen atoms in total. The summed E-state index contributed by atoms with van der Waals surface area (Å²) in [6, 6.07) is 21.1. The third-order valence-electron chi connectivity index (χ3n) is 4.73. The Morgan fingerprint density at radius 1 is 0.667 bits per heavy atom. The average molecular weight is 324 g/mol. The summed E-state index contributed by atoms with van der Waals surface area (Å²) in [4.78, 5) is 4.65. The zero-order valence-electron chi connectivity index (χ0n) is 13.9. The normalized spacial score (nSPS) is 25.3. The fraction of sp³-hybridized carbons (Fsp3) is 0.400. The summed E-state index contributed by atoms with van der Waals surface area (Å²) >= 11 is 0. The van der Waals surface area contributed by atoms with Crippen molar-refractivity contribution in [2.75, 3.05) is 26.6 Å². The first-order chi connectivity index (χ1) is 11.9. The Hall–Kier alpha value is -1.72. The first-order valence-electron chi connectivity index (χ1n) is 8.62.